The van der Waals surface area contributed by atoms with Gasteiger partial charge in [0.1, 0.15) is 25.1 Å². The first kappa shape index (κ1) is 14.8. The van der Waals surface area contributed by atoms with Crippen molar-refractivity contribution in [3.05, 3.63) is 0 Å². The van der Waals surface area contributed by atoms with Crippen LogP contribution < -0.4 is 5.32 Å². The molecule has 1 aliphatic heterocycles. The van der Waals surface area contributed by atoms with Crippen molar-refractivity contribution in [2.24, 2.45) is 0 Å². The molecule has 1 heterocycles. The normalized spacial score (nSPS) is 35.8. The van der Waals surface area contributed by atoms with Gasteiger partial charge in [-0.15, -0.1) is 0 Å². The molecule has 6 heteroatoms. The number of ether oxygens (including phenoxy) is 2. The molecule has 0 spiro atoms. The van der Waals surface area contributed by atoms with Crippen LogP contribution in [0.3, 0.4) is 0 Å². The molecule has 17 heavy (non-hydrogen) atoms. The molecule has 0 aromatic rings. The number of aliphatic hydroxyl groups is 3. The van der Waals surface area contributed by atoms with Gasteiger partial charge >= 0.3 is 0 Å². The Morgan fingerprint density at radius 1 is 1.47 bits per heavy atom. The number of hydrogen-bond donors (Lipinski definition) is 4. The zero-order chi connectivity index (χ0) is 12.8. The lowest BCUT2D eigenvalue weighted by Gasteiger charge is -2.40. The standard InChI is InChI=1S/C11H23NO5/c1-3-7(2)12-8-5-16-9(4-13)11(10(8)15)17-6-14/h7-15H,3-6H2,1-2H3/t7-,8?,9?,10?,11+/m0/s1. The number of rotatable bonds is 6. The van der Waals surface area contributed by atoms with Crippen molar-refractivity contribution in [2.45, 2.75) is 50.7 Å². The van der Waals surface area contributed by atoms with Gasteiger partial charge in [-0.2, -0.15) is 0 Å². The van der Waals surface area contributed by atoms with E-state index in [0.29, 0.717) is 6.61 Å². The molecule has 0 bridgehead atoms. The van der Waals surface area contributed by atoms with Gasteiger partial charge in [0.2, 0.25) is 0 Å². The molecule has 0 aromatic carbocycles. The summed E-state index contributed by atoms with van der Waals surface area (Å²) in [4.78, 5) is 0. The summed E-state index contributed by atoms with van der Waals surface area (Å²) in [5, 5.41) is 31.2. The van der Waals surface area contributed by atoms with E-state index in [4.69, 9.17) is 19.7 Å². The van der Waals surface area contributed by atoms with Crippen LogP contribution in [-0.4, -0.2) is 65.7 Å². The molecule has 1 saturated heterocycles. The lowest BCUT2D eigenvalue weighted by Crippen LogP contribution is -2.61. The van der Waals surface area contributed by atoms with Crippen LogP contribution in [0.15, 0.2) is 0 Å². The predicted octanol–water partition coefficient (Wildman–Crippen LogP) is -1.17. The summed E-state index contributed by atoms with van der Waals surface area (Å²) in [7, 11) is 0. The van der Waals surface area contributed by atoms with Crippen LogP contribution in [-0.2, 0) is 9.47 Å². The third kappa shape index (κ3) is 3.87. The maximum atomic E-state index is 10.1. The average Bonchev–Trinajstić information content (AvgIpc) is 2.34. The van der Waals surface area contributed by atoms with Crippen LogP contribution in [0.25, 0.3) is 0 Å². The molecule has 6 nitrogen and oxygen atoms in total. The van der Waals surface area contributed by atoms with Gasteiger partial charge < -0.3 is 30.1 Å². The van der Waals surface area contributed by atoms with Crippen molar-refractivity contribution in [3.8, 4) is 0 Å². The van der Waals surface area contributed by atoms with Crippen molar-refractivity contribution in [2.75, 3.05) is 20.0 Å². The maximum absolute atomic E-state index is 10.1. The van der Waals surface area contributed by atoms with E-state index in [-0.39, 0.29) is 18.7 Å². The molecule has 5 atom stereocenters. The SMILES string of the molecule is CC[C@H](C)NC1COC(CO)[C@@H](OCO)C1O. The topological polar surface area (TPSA) is 91.2 Å². The fourth-order valence-electron chi connectivity index (χ4n) is 1.95. The van der Waals surface area contributed by atoms with Crippen LogP contribution in [0.4, 0.5) is 0 Å². The molecule has 0 saturated carbocycles. The minimum atomic E-state index is -0.804. The predicted molar refractivity (Wildman–Crippen MR) is 61.5 cm³/mol. The molecule has 3 unspecified atom stereocenters. The highest BCUT2D eigenvalue weighted by Crippen LogP contribution is 2.19. The molecule has 0 aromatic heterocycles. The Kier molecular flexibility index (Phi) is 6.32. The second kappa shape index (κ2) is 7.25. The van der Waals surface area contributed by atoms with Crippen molar-refractivity contribution in [3.63, 3.8) is 0 Å². The first-order valence-electron chi connectivity index (χ1n) is 6.03. The molecule has 0 amide bonds. The minimum absolute atomic E-state index is 0.238. The summed E-state index contributed by atoms with van der Waals surface area (Å²) in [5.74, 6) is 0. The van der Waals surface area contributed by atoms with Gasteiger partial charge in [-0.3, -0.25) is 0 Å². The first-order chi connectivity index (χ1) is 8.13. The van der Waals surface area contributed by atoms with E-state index in [9.17, 15) is 5.11 Å². The third-order valence-electron chi connectivity index (χ3n) is 3.16. The average molecular weight is 249 g/mol. The Bertz CT molecular complexity index is 216. The van der Waals surface area contributed by atoms with Crippen molar-refractivity contribution in [1.82, 2.24) is 5.32 Å². The van der Waals surface area contributed by atoms with E-state index < -0.39 is 25.1 Å². The van der Waals surface area contributed by atoms with E-state index in [0.717, 1.165) is 6.42 Å². The second-order valence-electron chi connectivity index (χ2n) is 4.39. The summed E-state index contributed by atoms with van der Waals surface area (Å²) < 4.78 is 10.4. The van der Waals surface area contributed by atoms with Crippen LogP contribution in [0.1, 0.15) is 20.3 Å². The second-order valence-corrected chi connectivity index (χ2v) is 4.39. The summed E-state index contributed by atoms with van der Waals surface area (Å²) >= 11 is 0. The molecule has 4 N–H and O–H groups in total. The van der Waals surface area contributed by atoms with Gasteiger partial charge in [-0.25, -0.2) is 0 Å². The monoisotopic (exact) mass is 249 g/mol. The van der Waals surface area contributed by atoms with Gasteiger partial charge in [-0.05, 0) is 13.3 Å². The Morgan fingerprint density at radius 2 is 2.18 bits per heavy atom. The summed E-state index contributed by atoms with van der Waals surface area (Å²) in [5.41, 5.74) is 0. The molecule has 102 valence electrons. The molecule has 0 aliphatic carbocycles. The fraction of sp³-hybridized carbons (Fsp3) is 1.00. The zero-order valence-electron chi connectivity index (χ0n) is 10.4. The zero-order valence-corrected chi connectivity index (χ0v) is 10.4. The fourth-order valence-corrected chi connectivity index (χ4v) is 1.95. The van der Waals surface area contributed by atoms with Gasteiger partial charge in [0.05, 0.1) is 19.3 Å². The molecule has 1 aliphatic rings. The van der Waals surface area contributed by atoms with E-state index >= 15 is 0 Å². The van der Waals surface area contributed by atoms with E-state index in [2.05, 4.69) is 5.32 Å². The largest absolute Gasteiger partial charge is 0.394 e. The van der Waals surface area contributed by atoms with E-state index in [1.165, 1.54) is 0 Å². The Morgan fingerprint density at radius 3 is 2.71 bits per heavy atom. The smallest absolute Gasteiger partial charge is 0.144 e. The highest BCUT2D eigenvalue weighted by molar-refractivity contribution is 4.92. The quantitative estimate of drug-likeness (QED) is 0.443. The first-order valence-corrected chi connectivity index (χ1v) is 6.03. The Balaban J connectivity index is 2.59. The van der Waals surface area contributed by atoms with Crippen molar-refractivity contribution >= 4 is 0 Å². The van der Waals surface area contributed by atoms with Crippen LogP contribution in [0, 0.1) is 0 Å². The number of aliphatic hydroxyl groups excluding tert-OH is 3. The van der Waals surface area contributed by atoms with Gasteiger partial charge in [0, 0.05) is 6.04 Å². The molecule has 0 radical (unpaired) electrons. The number of nitrogens with one attached hydrogen (secondary N) is 1. The van der Waals surface area contributed by atoms with Crippen LogP contribution in [0.2, 0.25) is 0 Å². The van der Waals surface area contributed by atoms with Crippen molar-refractivity contribution < 1.29 is 24.8 Å². The van der Waals surface area contributed by atoms with E-state index in [1.807, 2.05) is 13.8 Å². The van der Waals surface area contributed by atoms with Crippen LogP contribution >= 0.6 is 0 Å². The molecular weight excluding hydrogens is 226 g/mol. The van der Waals surface area contributed by atoms with Gasteiger partial charge in [-0.1, -0.05) is 6.92 Å². The Hall–Kier alpha value is -0.240. The number of hydrogen-bond acceptors (Lipinski definition) is 6. The molecular formula is C11H23NO5. The van der Waals surface area contributed by atoms with Crippen LogP contribution in [0.5, 0.6) is 0 Å². The summed E-state index contributed by atoms with van der Waals surface area (Å²) in [6.07, 6.45) is -1.16. The highest BCUT2D eigenvalue weighted by Gasteiger charge is 2.40. The van der Waals surface area contributed by atoms with Gasteiger partial charge in [0.25, 0.3) is 0 Å². The lowest BCUT2D eigenvalue weighted by atomic mass is 9.97. The minimum Gasteiger partial charge on any atom is -0.394 e. The summed E-state index contributed by atoms with van der Waals surface area (Å²) in [6, 6.07) is 0.0167. The summed E-state index contributed by atoms with van der Waals surface area (Å²) in [6.45, 7) is 3.65. The Labute approximate surface area is 102 Å². The van der Waals surface area contributed by atoms with Crippen molar-refractivity contribution in [1.29, 1.82) is 0 Å². The third-order valence-corrected chi connectivity index (χ3v) is 3.16. The highest BCUT2D eigenvalue weighted by atomic mass is 16.6. The lowest BCUT2D eigenvalue weighted by molar-refractivity contribution is -0.204. The molecule has 1 rings (SSSR count). The maximum Gasteiger partial charge on any atom is 0.144 e. The van der Waals surface area contributed by atoms with Gasteiger partial charge in [0.15, 0.2) is 0 Å². The van der Waals surface area contributed by atoms with E-state index in [1.54, 1.807) is 0 Å². The molecule has 1 fully saturated rings.